The van der Waals surface area contributed by atoms with E-state index in [4.69, 9.17) is 7.85 Å². The topological polar surface area (TPSA) is 67.3 Å². The zero-order chi connectivity index (χ0) is 13.7. The number of pyridine rings is 1. The van der Waals surface area contributed by atoms with Crippen LogP contribution in [0.15, 0.2) is 12.4 Å². The van der Waals surface area contributed by atoms with Gasteiger partial charge in [0.1, 0.15) is 7.85 Å². The Kier molecular flexibility index (Phi) is 4.77. The molecule has 0 fully saturated rings. The maximum atomic E-state index is 11.8. The Morgan fingerprint density at radius 3 is 2.28 bits per heavy atom. The molecule has 1 rings (SSSR count). The molecule has 5 nitrogen and oxygen atoms in total. The van der Waals surface area contributed by atoms with Crippen molar-refractivity contribution in [2.24, 2.45) is 0 Å². The van der Waals surface area contributed by atoms with Crippen molar-refractivity contribution in [3.8, 4) is 0 Å². The van der Waals surface area contributed by atoms with E-state index in [-0.39, 0.29) is 29.6 Å². The van der Waals surface area contributed by atoms with Crippen LogP contribution in [-0.2, 0) is 9.59 Å². The molecule has 1 aromatic rings. The van der Waals surface area contributed by atoms with Crippen LogP contribution in [-0.4, -0.2) is 30.9 Å². The third kappa shape index (κ3) is 2.64. The first-order chi connectivity index (χ1) is 8.56. The van der Waals surface area contributed by atoms with Crippen molar-refractivity contribution in [2.45, 2.75) is 26.7 Å². The number of hydrogen-bond donors (Lipinski definition) is 0. The third-order valence-corrected chi connectivity index (χ3v) is 2.46. The first kappa shape index (κ1) is 14.1. The molecule has 0 aliphatic heterocycles. The lowest BCUT2D eigenvalue weighted by Crippen LogP contribution is -2.38. The lowest BCUT2D eigenvalue weighted by Gasteiger charge is -2.21. The highest BCUT2D eigenvalue weighted by atomic mass is 16.2. The van der Waals surface area contributed by atoms with Gasteiger partial charge in [-0.05, 0) is 0 Å². The molecule has 92 valence electrons. The van der Waals surface area contributed by atoms with Crippen molar-refractivity contribution in [1.29, 1.82) is 0 Å². The molecule has 6 heteroatoms. The third-order valence-electron chi connectivity index (χ3n) is 2.46. The molecule has 0 bridgehead atoms. The van der Waals surface area contributed by atoms with Gasteiger partial charge in [-0.3, -0.25) is 19.4 Å². The summed E-state index contributed by atoms with van der Waals surface area (Å²) in [5.74, 6) is -0.783. The van der Waals surface area contributed by atoms with Gasteiger partial charge >= 0.3 is 0 Å². The Morgan fingerprint density at radius 2 is 1.83 bits per heavy atom. The van der Waals surface area contributed by atoms with E-state index in [2.05, 4.69) is 4.98 Å². The number of hydrogen-bond acceptors (Lipinski definition) is 4. The predicted molar refractivity (Wildman–Crippen MR) is 68.1 cm³/mol. The molecule has 0 aromatic carbocycles. The smallest absolute Gasteiger partial charge is 0.233 e. The van der Waals surface area contributed by atoms with E-state index in [1.54, 1.807) is 13.8 Å². The van der Waals surface area contributed by atoms with Crippen molar-refractivity contribution in [3.05, 3.63) is 18.0 Å². The summed E-state index contributed by atoms with van der Waals surface area (Å²) < 4.78 is 0. The summed E-state index contributed by atoms with van der Waals surface area (Å²) >= 11 is 0. The second kappa shape index (κ2) is 6.09. The number of rotatable bonds is 4. The molecular formula is C12H13BN2O3. The van der Waals surface area contributed by atoms with Crippen molar-refractivity contribution >= 4 is 37.1 Å². The van der Waals surface area contributed by atoms with E-state index in [1.165, 1.54) is 12.4 Å². The van der Waals surface area contributed by atoms with Gasteiger partial charge in [0, 0.05) is 24.6 Å². The Morgan fingerprint density at radius 1 is 1.28 bits per heavy atom. The second-order valence-corrected chi connectivity index (χ2v) is 3.61. The summed E-state index contributed by atoms with van der Waals surface area (Å²) in [4.78, 5) is 39.4. The molecule has 0 aliphatic rings. The van der Waals surface area contributed by atoms with Crippen LogP contribution in [0.1, 0.15) is 37.0 Å². The largest absolute Gasteiger partial charge is 0.298 e. The first-order valence-electron chi connectivity index (χ1n) is 5.61. The number of aromatic nitrogens is 1. The van der Waals surface area contributed by atoms with Crippen LogP contribution in [0.4, 0.5) is 5.69 Å². The fourth-order valence-electron chi connectivity index (χ4n) is 1.51. The average Bonchev–Trinajstić information content (AvgIpc) is 2.38. The van der Waals surface area contributed by atoms with Gasteiger partial charge in [0.05, 0.1) is 11.9 Å². The van der Waals surface area contributed by atoms with Crippen LogP contribution in [0.3, 0.4) is 0 Å². The normalized spacial score (nSPS) is 9.89. The number of aldehydes is 1. The molecule has 0 saturated heterocycles. The monoisotopic (exact) mass is 244 g/mol. The lowest BCUT2D eigenvalue weighted by atomic mass is 9.92. The van der Waals surface area contributed by atoms with Gasteiger partial charge in [-0.2, -0.15) is 0 Å². The predicted octanol–water partition coefficient (Wildman–Crippen LogP) is 0.367. The Balaban J connectivity index is 3.38. The summed E-state index contributed by atoms with van der Waals surface area (Å²) in [6.07, 6.45) is 3.42. The zero-order valence-electron chi connectivity index (χ0n) is 10.3. The van der Waals surface area contributed by atoms with Crippen molar-refractivity contribution in [1.82, 2.24) is 4.98 Å². The fraction of sp³-hybridized carbons (Fsp3) is 0.333. The highest BCUT2D eigenvalue weighted by Gasteiger charge is 2.23. The molecule has 1 aromatic heterocycles. The summed E-state index contributed by atoms with van der Waals surface area (Å²) in [5, 5.41) is 0. The van der Waals surface area contributed by atoms with Gasteiger partial charge in [-0.15, -0.1) is 0 Å². The van der Waals surface area contributed by atoms with Crippen molar-refractivity contribution in [2.75, 3.05) is 4.90 Å². The molecule has 2 radical (unpaired) electrons. The van der Waals surface area contributed by atoms with Crippen LogP contribution >= 0.6 is 0 Å². The molecule has 0 spiro atoms. The van der Waals surface area contributed by atoms with E-state index in [9.17, 15) is 14.4 Å². The quantitative estimate of drug-likeness (QED) is 0.566. The van der Waals surface area contributed by atoms with Gasteiger partial charge in [0.2, 0.25) is 11.8 Å². The molecule has 0 N–H and O–H groups in total. The van der Waals surface area contributed by atoms with Gasteiger partial charge in [-0.1, -0.05) is 19.3 Å². The van der Waals surface area contributed by atoms with Crippen LogP contribution in [0.25, 0.3) is 0 Å². The molecule has 18 heavy (non-hydrogen) atoms. The number of imide groups is 1. The Bertz CT molecular complexity index is 472. The van der Waals surface area contributed by atoms with E-state index >= 15 is 0 Å². The molecule has 0 atom stereocenters. The fourth-order valence-corrected chi connectivity index (χ4v) is 1.51. The number of anilines is 1. The minimum Gasteiger partial charge on any atom is -0.298 e. The van der Waals surface area contributed by atoms with Gasteiger partial charge in [-0.25, -0.2) is 4.90 Å². The number of amides is 2. The molecule has 0 unspecified atom stereocenters. The number of nitrogens with zero attached hydrogens (tertiary/aromatic N) is 2. The van der Waals surface area contributed by atoms with Crippen LogP contribution in [0, 0.1) is 0 Å². The highest BCUT2D eigenvalue weighted by molar-refractivity contribution is 6.36. The second-order valence-electron chi connectivity index (χ2n) is 3.61. The van der Waals surface area contributed by atoms with Gasteiger partial charge < -0.3 is 0 Å². The zero-order valence-corrected chi connectivity index (χ0v) is 10.3. The maximum absolute atomic E-state index is 11.8. The maximum Gasteiger partial charge on any atom is 0.233 e. The summed E-state index contributed by atoms with van der Waals surface area (Å²) in [7, 11) is 5.61. The van der Waals surface area contributed by atoms with Crippen molar-refractivity contribution in [3.63, 3.8) is 0 Å². The van der Waals surface area contributed by atoms with E-state index < -0.39 is 11.8 Å². The minimum absolute atomic E-state index is 0.105. The van der Waals surface area contributed by atoms with Gasteiger partial charge in [0.15, 0.2) is 6.29 Å². The summed E-state index contributed by atoms with van der Waals surface area (Å²) in [6, 6.07) is 0. The van der Waals surface area contributed by atoms with E-state index in [0.717, 1.165) is 4.90 Å². The Hall–Kier alpha value is -1.98. The van der Waals surface area contributed by atoms with Crippen LogP contribution in [0.2, 0.25) is 0 Å². The SMILES string of the molecule is [B]c1cncc(N(C(=O)CC)C(=O)CC)c1C=O. The lowest BCUT2D eigenvalue weighted by molar-refractivity contribution is -0.126. The number of carbonyl (C=O) groups is 3. The molecule has 1 heterocycles. The van der Waals surface area contributed by atoms with E-state index in [1.807, 2.05) is 0 Å². The molecule has 0 saturated carbocycles. The molecule has 0 aliphatic carbocycles. The van der Waals surface area contributed by atoms with E-state index in [0.29, 0.717) is 6.29 Å². The van der Waals surface area contributed by atoms with Crippen LogP contribution < -0.4 is 10.4 Å². The van der Waals surface area contributed by atoms with Gasteiger partial charge in [0.25, 0.3) is 0 Å². The highest BCUT2D eigenvalue weighted by Crippen LogP contribution is 2.18. The first-order valence-corrected chi connectivity index (χ1v) is 5.61. The van der Waals surface area contributed by atoms with Crippen molar-refractivity contribution < 1.29 is 14.4 Å². The minimum atomic E-state index is -0.391. The summed E-state index contributed by atoms with van der Waals surface area (Å²) in [6.45, 7) is 3.27. The molecular weight excluding hydrogens is 231 g/mol. The Labute approximate surface area is 107 Å². The number of carbonyl (C=O) groups excluding carboxylic acids is 3. The standard InChI is InChI=1S/C12H13BN2O3/c1-3-11(17)15(12(18)4-2)10-6-14-5-9(13)8(10)7-16/h5-7H,3-4H2,1-2H3. The average molecular weight is 244 g/mol. The molecule has 2 amide bonds. The van der Waals surface area contributed by atoms with Crippen LogP contribution in [0.5, 0.6) is 0 Å². The summed E-state index contributed by atoms with van der Waals surface area (Å²) in [5.41, 5.74) is 0.387.